The van der Waals surface area contributed by atoms with Gasteiger partial charge in [0.1, 0.15) is 0 Å². The Bertz CT molecular complexity index is 446. The van der Waals surface area contributed by atoms with E-state index in [4.69, 9.17) is 5.73 Å². The molecule has 0 radical (unpaired) electrons. The summed E-state index contributed by atoms with van der Waals surface area (Å²) in [5.74, 6) is 0.696. The second kappa shape index (κ2) is 5.55. The van der Waals surface area contributed by atoms with Gasteiger partial charge in [0.15, 0.2) is 0 Å². The van der Waals surface area contributed by atoms with E-state index in [1.807, 2.05) is 31.2 Å². The van der Waals surface area contributed by atoms with Crippen molar-refractivity contribution in [1.29, 1.82) is 0 Å². The molecule has 1 saturated carbocycles. The zero-order chi connectivity index (χ0) is 14.1. The van der Waals surface area contributed by atoms with Gasteiger partial charge in [-0.2, -0.15) is 0 Å². The minimum Gasteiger partial charge on any atom is -0.385 e. The maximum absolute atomic E-state index is 11.2. The summed E-state index contributed by atoms with van der Waals surface area (Å²) in [4.78, 5) is 0. The highest BCUT2D eigenvalue weighted by Gasteiger charge is 2.51. The highest BCUT2D eigenvalue weighted by molar-refractivity contribution is 9.10. The van der Waals surface area contributed by atoms with Gasteiger partial charge in [-0.05, 0) is 49.8 Å². The van der Waals surface area contributed by atoms with E-state index in [0.717, 1.165) is 22.9 Å². The van der Waals surface area contributed by atoms with Crippen LogP contribution in [0.1, 0.15) is 45.1 Å². The minimum atomic E-state index is -0.866. The van der Waals surface area contributed by atoms with Crippen LogP contribution >= 0.6 is 15.9 Å². The maximum Gasteiger partial charge on any atom is 0.0936 e. The Kier molecular flexibility index (Phi) is 4.38. The first-order valence-electron chi connectivity index (χ1n) is 7.13. The van der Waals surface area contributed by atoms with Crippen LogP contribution in [-0.2, 0) is 5.60 Å². The molecule has 0 spiro atoms. The van der Waals surface area contributed by atoms with E-state index in [9.17, 15) is 5.11 Å². The molecular weight excluding hydrogens is 302 g/mol. The number of benzene rings is 1. The number of rotatable bonds is 4. The molecule has 1 aromatic rings. The number of aliphatic hydroxyl groups is 1. The topological polar surface area (TPSA) is 46.2 Å². The molecule has 0 saturated heterocycles. The molecule has 19 heavy (non-hydrogen) atoms. The first-order chi connectivity index (χ1) is 8.95. The molecule has 2 rings (SSSR count). The summed E-state index contributed by atoms with van der Waals surface area (Å²) in [6.07, 6.45) is 4.40. The molecule has 0 heterocycles. The molecule has 0 bridgehead atoms. The minimum absolute atomic E-state index is 0.186. The van der Waals surface area contributed by atoms with Crippen molar-refractivity contribution in [3.8, 4) is 0 Å². The van der Waals surface area contributed by atoms with Crippen molar-refractivity contribution in [2.24, 2.45) is 17.1 Å². The van der Waals surface area contributed by atoms with Gasteiger partial charge in [-0.25, -0.2) is 0 Å². The molecule has 0 amide bonds. The number of nitrogens with two attached hydrogens (primary N) is 1. The molecule has 3 N–H and O–H groups in total. The van der Waals surface area contributed by atoms with E-state index in [-0.39, 0.29) is 5.41 Å². The molecule has 2 nitrogen and oxygen atoms in total. The van der Waals surface area contributed by atoms with Crippen molar-refractivity contribution in [1.82, 2.24) is 0 Å². The molecule has 3 unspecified atom stereocenters. The van der Waals surface area contributed by atoms with Gasteiger partial charge in [0.05, 0.1) is 5.60 Å². The predicted molar refractivity (Wildman–Crippen MR) is 82.8 cm³/mol. The third kappa shape index (κ3) is 2.61. The van der Waals surface area contributed by atoms with E-state index >= 15 is 0 Å². The normalized spacial score (nSPS) is 30.3. The summed E-state index contributed by atoms with van der Waals surface area (Å²) in [7, 11) is 0. The fourth-order valence-corrected chi connectivity index (χ4v) is 3.91. The van der Waals surface area contributed by atoms with Gasteiger partial charge in [-0.3, -0.25) is 0 Å². The van der Waals surface area contributed by atoms with Crippen LogP contribution in [0.4, 0.5) is 0 Å². The second-order valence-electron chi connectivity index (χ2n) is 6.08. The van der Waals surface area contributed by atoms with E-state index < -0.39 is 5.60 Å². The van der Waals surface area contributed by atoms with Gasteiger partial charge in [0.2, 0.25) is 0 Å². The number of hydrogen-bond donors (Lipinski definition) is 2. The van der Waals surface area contributed by atoms with Crippen molar-refractivity contribution < 1.29 is 5.11 Å². The van der Waals surface area contributed by atoms with Crippen LogP contribution in [0.2, 0.25) is 0 Å². The smallest absolute Gasteiger partial charge is 0.0936 e. The van der Waals surface area contributed by atoms with Gasteiger partial charge in [0, 0.05) is 16.4 Å². The van der Waals surface area contributed by atoms with Gasteiger partial charge >= 0.3 is 0 Å². The van der Waals surface area contributed by atoms with Gasteiger partial charge in [-0.1, -0.05) is 41.4 Å². The summed E-state index contributed by atoms with van der Waals surface area (Å²) in [5, 5.41) is 11.2. The molecular formula is C16H24BrNO. The number of halogens is 1. The van der Waals surface area contributed by atoms with Crippen molar-refractivity contribution in [2.75, 3.05) is 6.54 Å². The largest absolute Gasteiger partial charge is 0.385 e. The summed E-state index contributed by atoms with van der Waals surface area (Å²) >= 11 is 3.49. The zero-order valence-electron chi connectivity index (χ0n) is 11.8. The van der Waals surface area contributed by atoms with Crippen molar-refractivity contribution in [3.05, 3.63) is 34.3 Å². The molecule has 3 heteroatoms. The summed E-state index contributed by atoms with van der Waals surface area (Å²) in [5.41, 5.74) is 5.99. The first-order valence-corrected chi connectivity index (χ1v) is 7.93. The van der Waals surface area contributed by atoms with Crippen molar-refractivity contribution >= 4 is 15.9 Å². The van der Waals surface area contributed by atoms with Crippen LogP contribution in [0.5, 0.6) is 0 Å². The second-order valence-corrected chi connectivity index (χ2v) is 7.00. The summed E-state index contributed by atoms with van der Waals surface area (Å²) in [6, 6.07) is 7.97. The molecule has 106 valence electrons. The molecule has 0 aliphatic heterocycles. The SMILES string of the molecule is CCC1CCC(CN)(C(C)(O)c2cccc(Br)c2)C1. The lowest BCUT2D eigenvalue weighted by atomic mass is 9.67. The Balaban J connectivity index is 2.36. The van der Waals surface area contributed by atoms with E-state index in [0.29, 0.717) is 12.5 Å². The van der Waals surface area contributed by atoms with Crippen molar-refractivity contribution in [3.63, 3.8) is 0 Å². The van der Waals surface area contributed by atoms with Gasteiger partial charge < -0.3 is 10.8 Å². The Morgan fingerprint density at radius 3 is 2.79 bits per heavy atom. The summed E-state index contributed by atoms with van der Waals surface area (Å²) in [6.45, 7) is 4.70. The van der Waals surface area contributed by atoms with Crippen molar-refractivity contribution in [2.45, 2.75) is 45.1 Å². The maximum atomic E-state index is 11.2. The fourth-order valence-electron chi connectivity index (χ4n) is 3.51. The standard InChI is InChI=1S/C16H24BrNO/c1-3-12-7-8-16(10-12,11-18)15(2,19)13-5-4-6-14(17)9-13/h4-6,9,12,19H,3,7-8,10-11,18H2,1-2H3. The Labute approximate surface area is 124 Å². The van der Waals surface area contributed by atoms with Crippen LogP contribution in [-0.4, -0.2) is 11.7 Å². The lowest BCUT2D eigenvalue weighted by molar-refractivity contribution is -0.0715. The molecule has 3 atom stereocenters. The van der Waals surface area contributed by atoms with Gasteiger partial charge in [-0.15, -0.1) is 0 Å². The van der Waals surface area contributed by atoms with E-state index in [1.54, 1.807) is 0 Å². The Hall–Kier alpha value is -0.380. The lowest BCUT2D eigenvalue weighted by Gasteiger charge is -2.43. The Morgan fingerprint density at radius 2 is 2.26 bits per heavy atom. The first kappa shape index (κ1) is 15.0. The number of hydrogen-bond acceptors (Lipinski definition) is 2. The molecule has 0 aromatic heterocycles. The van der Waals surface area contributed by atoms with E-state index in [1.165, 1.54) is 12.8 Å². The Morgan fingerprint density at radius 1 is 1.53 bits per heavy atom. The third-order valence-corrected chi connectivity index (χ3v) is 5.59. The zero-order valence-corrected chi connectivity index (χ0v) is 13.4. The highest BCUT2D eigenvalue weighted by atomic mass is 79.9. The van der Waals surface area contributed by atoms with Crippen LogP contribution in [0.25, 0.3) is 0 Å². The van der Waals surface area contributed by atoms with Crippen LogP contribution < -0.4 is 5.73 Å². The quantitative estimate of drug-likeness (QED) is 0.884. The lowest BCUT2D eigenvalue weighted by Crippen LogP contribution is -2.47. The molecule has 1 aliphatic rings. The predicted octanol–water partition coefficient (Wildman–Crippen LogP) is 3.81. The third-order valence-electron chi connectivity index (χ3n) is 5.10. The summed E-state index contributed by atoms with van der Waals surface area (Å²) < 4.78 is 1.00. The molecule has 1 aliphatic carbocycles. The van der Waals surface area contributed by atoms with E-state index in [2.05, 4.69) is 22.9 Å². The monoisotopic (exact) mass is 325 g/mol. The van der Waals surface area contributed by atoms with Crippen LogP contribution in [0.3, 0.4) is 0 Å². The average Bonchev–Trinajstić information content (AvgIpc) is 2.84. The fraction of sp³-hybridized carbons (Fsp3) is 0.625. The highest BCUT2D eigenvalue weighted by Crippen LogP contribution is 2.53. The molecule has 1 aromatic carbocycles. The van der Waals surface area contributed by atoms with Gasteiger partial charge in [0.25, 0.3) is 0 Å². The van der Waals surface area contributed by atoms with Crippen LogP contribution in [0, 0.1) is 11.3 Å². The van der Waals surface area contributed by atoms with Crippen LogP contribution in [0.15, 0.2) is 28.7 Å². The average molecular weight is 326 g/mol. The molecule has 1 fully saturated rings.